The number of aliphatic hydroxyl groups excluding tert-OH is 1. The number of likely N-dealkylation sites (N-methyl/N-ethyl adjacent to an activating group) is 1. The Labute approximate surface area is 151 Å². The molecule has 2 aliphatic heterocycles. The second-order valence-corrected chi connectivity index (χ2v) is 7.77. The smallest absolute Gasteiger partial charge is 0.230 e. The van der Waals surface area contributed by atoms with Gasteiger partial charge >= 0.3 is 0 Å². The molecule has 0 aliphatic carbocycles. The van der Waals surface area contributed by atoms with Gasteiger partial charge in [0.25, 0.3) is 0 Å². The van der Waals surface area contributed by atoms with Crippen LogP contribution in [0.5, 0.6) is 0 Å². The van der Waals surface area contributed by atoms with E-state index in [0.717, 1.165) is 51.7 Å². The lowest BCUT2D eigenvalue weighted by molar-refractivity contribution is -0.131. The van der Waals surface area contributed by atoms with Crippen molar-refractivity contribution in [2.45, 2.75) is 56.4 Å². The zero-order valence-corrected chi connectivity index (χ0v) is 15.5. The standard InChI is InChI=1S/C21H32N2O2/c1-22-20(25)19(18-9-5-4-6-10-18)17-21(22)11-14-23(15-12-21)13-7-2-3-8-16-24/h4-6,9-10,19,24H,2-3,7-8,11-17H2,1H3. The Morgan fingerprint density at radius 1 is 1.08 bits per heavy atom. The second kappa shape index (κ2) is 8.33. The molecule has 0 saturated carbocycles. The lowest BCUT2D eigenvalue weighted by Crippen LogP contribution is -2.51. The number of hydrogen-bond acceptors (Lipinski definition) is 3. The van der Waals surface area contributed by atoms with Crippen LogP contribution in [0.25, 0.3) is 0 Å². The normalized spacial score (nSPS) is 23.5. The summed E-state index contributed by atoms with van der Waals surface area (Å²) in [5.74, 6) is 0.333. The zero-order valence-electron chi connectivity index (χ0n) is 15.5. The third kappa shape index (κ3) is 4.06. The highest BCUT2D eigenvalue weighted by molar-refractivity contribution is 5.87. The Morgan fingerprint density at radius 3 is 2.44 bits per heavy atom. The number of carbonyl (C=O) groups excluding carboxylic acids is 1. The van der Waals surface area contributed by atoms with Gasteiger partial charge in [0.15, 0.2) is 0 Å². The van der Waals surface area contributed by atoms with Crippen LogP contribution >= 0.6 is 0 Å². The van der Waals surface area contributed by atoms with E-state index in [2.05, 4.69) is 21.9 Å². The lowest BCUT2D eigenvalue weighted by Gasteiger charge is -2.43. The predicted octanol–water partition coefficient (Wildman–Crippen LogP) is 3.02. The monoisotopic (exact) mass is 344 g/mol. The highest BCUT2D eigenvalue weighted by Crippen LogP contribution is 2.44. The van der Waals surface area contributed by atoms with E-state index in [1.54, 1.807) is 0 Å². The maximum atomic E-state index is 12.8. The summed E-state index contributed by atoms with van der Waals surface area (Å²) >= 11 is 0. The van der Waals surface area contributed by atoms with E-state index in [9.17, 15) is 4.79 Å². The molecule has 2 saturated heterocycles. The molecule has 4 nitrogen and oxygen atoms in total. The maximum absolute atomic E-state index is 12.8. The Kier molecular flexibility index (Phi) is 6.13. The first-order valence-corrected chi connectivity index (χ1v) is 9.82. The van der Waals surface area contributed by atoms with E-state index < -0.39 is 0 Å². The van der Waals surface area contributed by atoms with Crippen LogP contribution in [0.1, 0.15) is 56.4 Å². The number of benzene rings is 1. The minimum absolute atomic E-state index is 0.0382. The molecular formula is C21H32N2O2. The summed E-state index contributed by atoms with van der Waals surface area (Å²) in [5.41, 5.74) is 1.23. The Hall–Kier alpha value is -1.39. The van der Waals surface area contributed by atoms with Crippen LogP contribution in [-0.4, -0.2) is 59.6 Å². The molecule has 1 aromatic carbocycles. The Balaban J connectivity index is 1.53. The quantitative estimate of drug-likeness (QED) is 0.773. The molecule has 0 radical (unpaired) electrons. The zero-order chi connectivity index (χ0) is 17.7. The fraction of sp³-hybridized carbons (Fsp3) is 0.667. The van der Waals surface area contributed by atoms with Gasteiger partial charge in [0.1, 0.15) is 0 Å². The van der Waals surface area contributed by atoms with E-state index in [-0.39, 0.29) is 11.5 Å². The number of piperidine rings is 1. The molecule has 0 bridgehead atoms. The third-order valence-electron chi connectivity index (χ3n) is 6.30. The number of amides is 1. The van der Waals surface area contributed by atoms with Gasteiger partial charge in [-0.05, 0) is 44.2 Å². The molecule has 2 aliphatic rings. The summed E-state index contributed by atoms with van der Waals surface area (Å²) in [5, 5.41) is 8.84. The summed E-state index contributed by atoms with van der Waals surface area (Å²) in [6.07, 6.45) is 7.63. The summed E-state index contributed by atoms with van der Waals surface area (Å²) in [6.45, 7) is 3.66. The molecule has 0 aromatic heterocycles. The van der Waals surface area contributed by atoms with Crippen LogP contribution in [-0.2, 0) is 4.79 Å². The molecule has 1 aromatic rings. The van der Waals surface area contributed by atoms with Gasteiger partial charge in [-0.2, -0.15) is 0 Å². The number of aliphatic hydroxyl groups is 1. The van der Waals surface area contributed by atoms with Crippen LogP contribution in [0.2, 0.25) is 0 Å². The number of carbonyl (C=O) groups is 1. The van der Waals surface area contributed by atoms with Crippen LogP contribution in [0.3, 0.4) is 0 Å². The number of unbranched alkanes of at least 4 members (excludes halogenated alkanes) is 3. The molecule has 1 unspecified atom stereocenters. The average molecular weight is 344 g/mol. The average Bonchev–Trinajstić information content (AvgIpc) is 2.89. The van der Waals surface area contributed by atoms with Gasteiger partial charge in [-0.1, -0.05) is 43.2 Å². The first kappa shape index (κ1) is 18.4. The molecule has 25 heavy (non-hydrogen) atoms. The minimum atomic E-state index is 0.0382. The predicted molar refractivity (Wildman–Crippen MR) is 101 cm³/mol. The third-order valence-corrected chi connectivity index (χ3v) is 6.30. The molecule has 3 rings (SSSR count). The van der Waals surface area contributed by atoms with Gasteiger partial charge in [-0.15, -0.1) is 0 Å². The van der Waals surface area contributed by atoms with Crippen LogP contribution in [0.15, 0.2) is 30.3 Å². The van der Waals surface area contributed by atoms with E-state index in [0.29, 0.717) is 12.5 Å². The second-order valence-electron chi connectivity index (χ2n) is 7.77. The molecule has 1 spiro atoms. The Morgan fingerprint density at radius 2 is 1.76 bits per heavy atom. The largest absolute Gasteiger partial charge is 0.396 e. The van der Waals surface area contributed by atoms with Gasteiger partial charge < -0.3 is 14.9 Å². The van der Waals surface area contributed by atoms with Crippen molar-refractivity contribution in [3.63, 3.8) is 0 Å². The summed E-state index contributed by atoms with van der Waals surface area (Å²) in [6, 6.07) is 10.3. The van der Waals surface area contributed by atoms with Crippen molar-refractivity contribution in [3.8, 4) is 0 Å². The van der Waals surface area contributed by atoms with Crippen molar-refractivity contribution in [2.75, 3.05) is 33.3 Å². The lowest BCUT2D eigenvalue weighted by atomic mass is 9.81. The van der Waals surface area contributed by atoms with Crippen molar-refractivity contribution in [1.82, 2.24) is 9.80 Å². The van der Waals surface area contributed by atoms with Crippen LogP contribution < -0.4 is 0 Å². The van der Waals surface area contributed by atoms with Crippen molar-refractivity contribution < 1.29 is 9.90 Å². The number of likely N-dealkylation sites (tertiary alicyclic amines) is 2. The number of rotatable bonds is 7. The van der Waals surface area contributed by atoms with Crippen molar-refractivity contribution in [3.05, 3.63) is 35.9 Å². The molecule has 138 valence electrons. The molecule has 4 heteroatoms. The van der Waals surface area contributed by atoms with E-state index >= 15 is 0 Å². The van der Waals surface area contributed by atoms with Gasteiger partial charge in [-0.25, -0.2) is 0 Å². The first-order valence-electron chi connectivity index (χ1n) is 9.82. The topological polar surface area (TPSA) is 43.8 Å². The first-order chi connectivity index (χ1) is 12.2. The molecular weight excluding hydrogens is 312 g/mol. The van der Waals surface area contributed by atoms with Gasteiger partial charge in [0, 0.05) is 32.3 Å². The molecule has 1 N–H and O–H groups in total. The molecule has 2 fully saturated rings. The van der Waals surface area contributed by atoms with Crippen molar-refractivity contribution in [1.29, 1.82) is 0 Å². The highest BCUT2D eigenvalue weighted by Gasteiger charge is 2.50. The molecule has 1 amide bonds. The van der Waals surface area contributed by atoms with Crippen molar-refractivity contribution in [2.24, 2.45) is 0 Å². The van der Waals surface area contributed by atoms with E-state index in [1.165, 1.54) is 18.4 Å². The fourth-order valence-electron chi connectivity index (χ4n) is 4.55. The minimum Gasteiger partial charge on any atom is -0.396 e. The number of hydrogen-bond donors (Lipinski definition) is 1. The SMILES string of the molecule is CN1C(=O)C(c2ccccc2)CC12CCN(CCCCCCO)CC2. The fourth-order valence-corrected chi connectivity index (χ4v) is 4.55. The summed E-state index contributed by atoms with van der Waals surface area (Å²) in [7, 11) is 2.01. The maximum Gasteiger partial charge on any atom is 0.230 e. The van der Waals surface area contributed by atoms with E-state index in [1.807, 2.05) is 25.2 Å². The summed E-state index contributed by atoms with van der Waals surface area (Å²) in [4.78, 5) is 17.4. The Bertz CT molecular complexity index is 552. The van der Waals surface area contributed by atoms with Crippen LogP contribution in [0, 0.1) is 0 Å². The van der Waals surface area contributed by atoms with Crippen LogP contribution in [0.4, 0.5) is 0 Å². The summed E-state index contributed by atoms with van der Waals surface area (Å²) < 4.78 is 0. The highest BCUT2D eigenvalue weighted by atomic mass is 16.2. The van der Waals surface area contributed by atoms with Gasteiger partial charge in [-0.3, -0.25) is 4.79 Å². The number of nitrogens with zero attached hydrogens (tertiary/aromatic N) is 2. The van der Waals surface area contributed by atoms with Gasteiger partial charge in [0.05, 0.1) is 5.92 Å². The van der Waals surface area contributed by atoms with Gasteiger partial charge in [0.2, 0.25) is 5.91 Å². The molecule has 1 atom stereocenters. The molecule has 2 heterocycles. The van der Waals surface area contributed by atoms with E-state index in [4.69, 9.17) is 5.11 Å². The van der Waals surface area contributed by atoms with Crippen molar-refractivity contribution >= 4 is 5.91 Å².